The normalized spacial score (nSPS) is 27.1. The number of aromatic nitrogens is 2. The van der Waals surface area contributed by atoms with E-state index in [1.807, 2.05) is 18.7 Å². The van der Waals surface area contributed by atoms with Crippen LogP contribution in [0.4, 0.5) is 0 Å². The van der Waals surface area contributed by atoms with Crippen molar-refractivity contribution >= 4 is 11.6 Å². The molecule has 4 heteroatoms. The Labute approximate surface area is 134 Å². The van der Waals surface area contributed by atoms with Crippen molar-refractivity contribution in [3.05, 3.63) is 16.4 Å². The molecule has 1 aromatic heterocycles. The Morgan fingerprint density at radius 3 is 2.38 bits per heavy atom. The van der Waals surface area contributed by atoms with Gasteiger partial charge < -0.3 is 5.73 Å². The van der Waals surface area contributed by atoms with Crippen LogP contribution >= 0.6 is 11.6 Å². The van der Waals surface area contributed by atoms with Gasteiger partial charge in [0.15, 0.2) is 0 Å². The van der Waals surface area contributed by atoms with Gasteiger partial charge in [-0.05, 0) is 43.9 Å². The molecule has 3 nitrogen and oxygen atoms in total. The van der Waals surface area contributed by atoms with Crippen LogP contribution in [0.1, 0.15) is 64.3 Å². The number of halogens is 1. The second-order valence-electron chi connectivity index (χ2n) is 7.63. The molecule has 1 fully saturated rings. The average Bonchev–Trinajstić information content (AvgIpc) is 2.66. The van der Waals surface area contributed by atoms with Gasteiger partial charge in [-0.25, -0.2) is 0 Å². The van der Waals surface area contributed by atoms with Gasteiger partial charge in [0.05, 0.1) is 16.4 Å². The van der Waals surface area contributed by atoms with Crippen LogP contribution in [0.15, 0.2) is 0 Å². The molecule has 0 aromatic carbocycles. The minimum Gasteiger partial charge on any atom is -0.325 e. The van der Waals surface area contributed by atoms with Gasteiger partial charge >= 0.3 is 0 Å². The summed E-state index contributed by atoms with van der Waals surface area (Å²) in [4.78, 5) is 0. The molecule has 0 saturated heterocycles. The largest absolute Gasteiger partial charge is 0.325 e. The lowest BCUT2D eigenvalue weighted by Crippen LogP contribution is -2.47. The first-order valence-corrected chi connectivity index (χ1v) is 8.53. The van der Waals surface area contributed by atoms with Gasteiger partial charge in [-0.15, -0.1) is 0 Å². The minimum absolute atomic E-state index is 0.121. The Hall–Kier alpha value is -0.540. The molecule has 0 aliphatic heterocycles. The molecule has 1 aromatic rings. The lowest BCUT2D eigenvalue weighted by atomic mass is 9.65. The van der Waals surface area contributed by atoms with Gasteiger partial charge in [0, 0.05) is 19.0 Å². The van der Waals surface area contributed by atoms with E-state index in [0.29, 0.717) is 5.41 Å². The van der Waals surface area contributed by atoms with Crippen molar-refractivity contribution in [2.24, 2.45) is 24.1 Å². The summed E-state index contributed by atoms with van der Waals surface area (Å²) < 4.78 is 1.90. The Balaban J connectivity index is 2.06. The molecule has 0 bridgehead atoms. The van der Waals surface area contributed by atoms with Crippen LogP contribution < -0.4 is 5.73 Å². The van der Waals surface area contributed by atoms with Gasteiger partial charge in [-0.3, -0.25) is 4.68 Å². The van der Waals surface area contributed by atoms with Gasteiger partial charge in [0.25, 0.3) is 0 Å². The van der Waals surface area contributed by atoms with Crippen LogP contribution in [-0.4, -0.2) is 15.3 Å². The molecule has 2 N–H and O–H groups in total. The van der Waals surface area contributed by atoms with Crippen molar-refractivity contribution in [1.29, 1.82) is 0 Å². The molecular weight excluding hydrogens is 282 g/mol. The Morgan fingerprint density at radius 1 is 1.38 bits per heavy atom. The SMILES string of the molecule is CCC(C)(C)C1CCC(N)(Cc2c(Cl)c(C)nn2C)CC1. The Kier molecular flexibility index (Phi) is 4.75. The van der Waals surface area contributed by atoms with E-state index in [4.69, 9.17) is 17.3 Å². The number of hydrogen-bond donors (Lipinski definition) is 1. The van der Waals surface area contributed by atoms with Crippen LogP contribution in [0.25, 0.3) is 0 Å². The summed E-state index contributed by atoms with van der Waals surface area (Å²) in [6.45, 7) is 9.03. The fourth-order valence-corrected chi connectivity index (χ4v) is 3.87. The number of hydrogen-bond acceptors (Lipinski definition) is 2. The minimum atomic E-state index is -0.121. The van der Waals surface area contributed by atoms with Crippen molar-refractivity contribution in [3.63, 3.8) is 0 Å². The van der Waals surface area contributed by atoms with Crippen molar-refractivity contribution in [2.75, 3.05) is 0 Å². The smallest absolute Gasteiger partial charge is 0.0847 e. The first kappa shape index (κ1) is 16.8. The molecular formula is C17H30ClN3. The van der Waals surface area contributed by atoms with Gasteiger partial charge in [0.1, 0.15) is 0 Å². The summed E-state index contributed by atoms with van der Waals surface area (Å²) in [7, 11) is 1.96. The fourth-order valence-electron chi connectivity index (χ4n) is 3.65. The van der Waals surface area contributed by atoms with Crippen LogP contribution in [0.5, 0.6) is 0 Å². The third kappa shape index (κ3) is 3.45. The third-order valence-corrected chi connectivity index (χ3v) is 6.27. The van der Waals surface area contributed by atoms with Crippen LogP contribution in [-0.2, 0) is 13.5 Å². The lowest BCUT2D eigenvalue weighted by molar-refractivity contribution is 0.114. The zero-order chi connectivity index (χ0) is 15.8. The van der Waals surface area contributed by atoms with Crippen molar-refractivity contribution < 1.29 is 0 Å². The summed E-state index contributed by atoms with van der Waals surface area (Å²) >= 11 is 6.38. The number of nitrogens with zero attached hydrogens (tertiary/aromatic N) is 2. The molecule has 0 spiro atoms. The number of aryl methyl sites for hydroxylation is 2. The van der Waals surface area contributed by atoms with E-state index in [1.165, 1.54) is 19.3 Å². The van der Waals surface area contributed by atoms with Gasteiger partial charge in [0.2, 0.25) is 0 Å². The number of nitrogens with two attached hydrogens (primary N) is 1. The summed E-state index contributed by atoms with van der Waals surface area (Å²) in [5, 5.41) is 5.19. The quantitative estimate of drug-likeness (QED) is 0.903. The predicted molar refractivity (Wildman–Crippen MR) is 89.6 cm³/mol. The fraction of sp³-hybridized carbons (Fsp3) is 0.824. The van der Waals surface area contributed by atoms with Gasteiger partial charge in [-0.2, -0.15) is 5.10 Å². The second kappa shape index (κ2) is 5.92. The summed E-state index contributed by atoms with van der Waals surface area (Å²) in [6.07, 6.45) is 6.70. The van der Waals surface area contributed by atoms with Gasteiger partial charge in [-0.1, -0.05) is 38.8 Å². The predicted octanol–water partition coefficient (Wildman–Crippen LogP) is 4.25. The second-order valence-corrected chi connectivity index (χ2v) is 8.00. The topological polar surface area (TPSA) is 43.8 Å². The zero-order valence-electron chi connectivity index (χ0n) is 14.2. The average molecular weight is 312 g/mol. The highest BCUT2D eigenvalue weighted by Crippen LogP contribution is 2.43. The van der Waals surface area contributed by atoms with E-state index in [2.05, 4.69) is 25.9 Å². The third-order valence-electron chi connectivity index (χ3n) is 5.78. The highest BCUT2D eigenvalue weighted by Gasteiger charge is 2.38. The van der Waals surface area contributed by atoms with Crippen LogP contribution in [0.3, 0.4) is 0 Å². The number of rotatable bonds is 4. The molecule has 1 aliphatic carbocycles. The summed E-state index contributed by atoms with van der Waals surface area (Å²) in [6, 6.07) is 0. The van der Waals surface area contributed by atoms with Crippen molar-refractivity contribution in [3.8, 4) is 0 Å². The summed E-state index contributed by atoms with van der Waals surface area (Å²) in [5.74, 6) is 0.794. The molecule has 21 heavy (non-hydrogen) atoms. The van der Waals surface area contributed by atoms with Crippen molar-refractivity contribution in [2.45, 2.75) is 71.8 Å². The lowest BCUT2D eigenvalue weighted by Gasteiger charge is -2.43. The Morgan fingerprint density at radius 2 is 1.95 bits per heavy atom. The molecule has 1 heterocycles. The first-order valence-electron chi connectivity index (χ1n) is 8.15. The zero-order valence-corrected chi connectivity index (χ0v) is 14.9. The molecule has 1 aliphatic rings. The highest BCUT2D eigenvalue weighted by molar-refractivity contribution is 6.31. The molecule has 120 valence electrons. The van der Waals surface area contributed by atoms with E-state index in [1.54, 1.807) is 0 Å². The van der Waals surface area contributed by atoms with E-state index < -0.39 is 0 Å². The monoisotopic (exact) mass is 311 g/mol. The Bertz CT molecular complexity index is 496. The molecule has 2 rings (SSSR count). The maximum atomic E-state index is 6.69. The molecule has 1 saturated carbocycles. The highest BCUT2D eigenvalue weighted by atomic mass is 35.5. The maximum absolute atomic E-state index is 6.69. The van der Waals surface area contributed by atoms with E-state index in [9.17, 15) is 0 Å². The summed E-state index contributed by atoms with van der Waals surface area (Å²) in [5.41, 5.74) is 8.99. The maximum Gasteiger partial charge on any atom is 0.0847 e. The van der Waals surface area contributed by atoms with Crippen LogP contribution in [0.2, 0.25) is 5.02 Å². The molecule has 0 atom stereocenters. The van der Waals surface area contributed by atoms with E-state index >= 15 is 0 Å². The van der Waals surface area contributed by atoms with E-state index in [-0.39, 0.29) is 5.54 Å². The molecule has 0 radical (unpaired) electrons. The van der Waals surface area contributed by atoms with Crippen LogP contribution in [0, 0.1) is 18.3 Å². The standard InChI is InChI=1S/C17H30ClN3/c1-6-16(3,4)13-7-9-17(19,10-8-13)11-14-15(18)12(2)20-21(14)5/h13H,6-11,19H2,1-5H3. The first-order chi connectivity index (χ1) is 9.68. The van der Waals surface area contributed by atoms with Crippen molar-refractivity contribution in [1.82, 2.24) is 9.78 Å². The molecule has 0 amide bonds. The molecule has 0 unspecified atom stereocenters. The van der Waals surface area contributed by atoms with E-state index in [0.717, 1.165) is 41.6 Å².